The van der Waals surface area contributed by atoms with Crippen LogP contribution in [0, 0.1) is 11.6 Å². The Morgan fingerprint density at radius 3 is 2.86 bits per heavy atom. The molecular formula is C19H13F2N5OS. The highest BCUT2D eigenvalue weighted by Gasteiger charge is 2.12. The number of H-pyrrole nitrogens is 1. The van der Waals surface area contributed by atoms with Crippen LogP contribution in [0.25, 0.3) is 23.3 Å². The second kappa shape index (κ2) is 6.61. The second-order valence-corrected chi connectivity index (χ2v) is 7.00. The SMILES string of the molecule is Fc1ccc2[nH]c(Nc3ccc(ON4C=c5cnsc5=CC4)cc3)nc2c1F. The number of hydroxylamine groups is 2. The molecule has 1 aliphatic heterocycles. The van der Waals surface area contributed by atoms with Crippen LogP contribution in [0.15, 0.2) is 42.6 Å². The molecule has 0 spiro atoms. The van der Waals surface area contributed by atoms with Gasteiger partial charge in [0.2, 0.25) is 5.95 Å². The number of hydrogen-bond donors (Lipinski definition) is 2. The Morgan fingerprint density at radius 2 is 2.00 bits per heavy atom. The molecule has 0 saturated heterocycles. The average molecular weight is 397 g/mol. The standard InChI is InChI=1S/C19H13F2N5OS/c20-14-5-6-15-18(17(14)21)25-19(24-15)23-12-1-3-13(4-2-12)27-26-8-7-16-11(10-26)9-22-28-16/h1-7,9-10H,8H2,(H2,23,24,25). The Kier molecular flexibility index (Phi) is 3.94. The molecule has 0 fully saturated rings. The fourth-order valence-corrected chi connectivity index (χ4v) is 3.54. The van der Waals surface area contributed by atoms with Crippen LogP contribution in [0.3, 0.4) is 0 Å². The van der Waals surface area contributed by atoms with Crippen molar-refractivity contribution < 1.29 is 13.6 Å². The highest BCUT2D eigenvalue weighted by atomic mass is 32.1. The minimum Gasteiger partial charge on any atom is -0.380 e. The van der Waals surface area contributed by atoms with E-state index in [0.29, 0.717) is 23.8 Å². The third kappa shape index (κ3) is 3.05. The maximum Gasteiger partial charge on any atom is 0.205 e. The number of imidazole rings is 1. The maximum atomic E-state index is 13.8. The summed E-state index contributed by atoms with van der Waals surface area (Å²) in [6, 6.07) is 9.75. The molecule has 140 valence electrons. The van der Waals surface area contributed by atoms with E-state index in [1.807, 2.05) is 18.3 Å². The number of halogens is 2. The summed E-state index contributed by atoms with van der Waals surface area (Å²) < 4.78 is 32.4. The number of aromatic nitrogens is 3. The molecule has 0 radical (unpaired) electrons. The molecule has 3 heterocycles. The van der Waals surface area contributed by atoms with Crippen molar-refractivity contribution in [2.75, 3.05) is 11.9 Å². The molecule has 28 heavy (non-hydrogen) atoms. The molecule has 2 N–H and O–H groups in total. The summed E-state index contributed by atoms with van der Waals surface area (Å²) in [6.45, 7) is 0.635. The van der Waals surface area contributed by atoms with Crippen molar-refractivity contribution in [2.45, 2.75) is 0 Å². The molecule has 0 aliphatic carbocycles. The lowest BCUT2D eigenvalue weighted by Gasteiger charge is -2.20. The highest BCUT2D eigenvalue weighted by Crippen LogP contribution is 2.23. The van der Waals surface area contributed by atoms with Crippen molar-refractivity contribution in [1.82, 2.24) is 19.4 Å². The van der Waals surface area contributed by atoms with Crippen LogP contribution in [0.2, 0.25) is 0 Å². The van der Waals surface area contributed by atoms with Crippen LogP contribution < -0.4 is 19.9 Å². The van der Waals surface area contributed by atoms with Crippen LogP contribution in [0.4, 0.5) is 20.4 Å². The quantitative estimate of drug-likeness (QED) is 0.554. The third-order valence-corrected chi connectivity index (χ3v) is 5.06. The Balaban J connectivity index is 1.31. The molecule has 5 rings (SSSR count). The van der Waals surface area contributed by atoms with Gasteiger partial charge in [0.1, 0.15) is 5.52 Å². The van der Waals surface area contributed by atoms with Gasteiger partial charge in [-0.2, -0.15) is 4.37 Å². The number of fused-ring (bicyclic) bond motifs is 2. The van der Waals surface area contributed by atoms with Gasteiger partial charge < -0.3 is 15.1 Å². The fraction of sp³-hybridized carbons (Fsp3) is 0.0526. The van der Waals surface area contributed by atoms with Gasteiger partial charge in [0.25, 0.3) is 0 Å². The van der Waals surface area contributed by atoms with E-state index >= 15 is 0 Å². The predicted molar refractivity (Wildman–Crippen MR) is 103 cm³/mol. The van der Waals surface area contributed by atoms with Gasteiger partial charge in [-0.3, -0.25) is 0 Å². The van der Waals surface area contributed by atoms with Gasteiger partial charge in [-0.15, -0.1) is 0 Å². The third-order valence-electron chi connectivity index (χ3n) is 4.25. The van der Waals surface area contributed by atoms with Crippen molar-refractivity contribution in [3.8, 4) is 5.75 Å². The average Bonchev–Trinajstić information content (AvgIpc) is 3.33. The van der Waals surface area contributed by atoms with E-state index in [0.717, 1.165) is 21.5 Å². The van der Waals surface area contributed by atoms with Gasteiger partial charge in [0.15, 0.2) is 17.4 Å². The van der Waals surface area contributed by atoms with Gasteiger partial charge >= 0.3 is 0 Å². The molecular weight excluding hydrogens is 384 g/mol. The Labute approximate surface area is 161 Å². The summed E-state index contributed by atoms with van der Waals surface area (Å²) >= 11 is 1.46. The maximum absolute atomic E-state index is 13.8. The Bertz CT molecular complexity index is 1280. The number of rotatable bonds is 4. The number of benzene rings is 2. The number of nitrogens with zero attached hydrogens (tertiary/aromatic N) is 3. The monoisotopic (exact) mass is 397 g/mol. The lowest BCUT2D eigenvalue weighted by molar-refractivity contribution is 0.0278. The topological polar surface area (TPSA) is 66.1 Å². The largest absolute Gasteiger partial charge is 0.380 e. The van der Waals surface area contributed by atoms with Crippen LogP contribution in [0.1, 0.15) is 0 Å². The van der Waals surface area contributed by atoms with Crippen LogP contribution >= 0.6 is 11.5 Å². The summed E-state index contributed by atoms with van der Waals surface area (Å²) in [6.07, 6.45) is 5.78. The molecule has 0 bridgehead atoms. The molecule has 9 heteroatoms. The first-order chi connectivity index (χ1) is 13.7. The summed E-state index contributed by atoms with van der Waals surface area (Å²) in [4.78, 5) is 12.8. The summed E-state index contributed by atoms with van der Waals surface area (Å²) in [5.74, 6) is -0.905. The van der Waals surface area contributed by atoms with Gasteiger partial charge in [0.05, 0.1) is 22.8 Å². The minimum absolute atomic E-state index is 0.0402. The first-order valence-electron chi connectivity index (χ1n) is 8.44. The number of nitrogens with one attached hydrogen (secondary N) is 2. The van der Waals surface area contributed by atoms with Gasteiger partial charge in [-0.25, -0.2) is 18.8 Å². The lowest BCUT2D eigenvalue weighted by Crippen LogP contribution is -2.34. The van der Waals surface area contributed by atoms with E-state index in [1.54, 1.807) is 23.4 Å². The molecule has 0 saturated carbocycles. The molecule has 0 amide bonds. The van der Waals surface area contributed by atoms with Gasteiger partial charge in [-0.05, 0) is 54.0 Å². The fourth-order valence-electron chi connectivity index (χ4n) is 2.90. The van der Waals surface area contributed by atoms with Gasteiger partial charge in [0, 0.05) is 17.1 Å². The van der Waals surface area contributed by atoms with E-state index in [1.165, 1.54) is 17.6 Å². The zero-order valence-corrected chi connectivity index (χ0v) is 15.1. The summed E-state index contributed by atoms with van der Waals surface area (Å²) in [5.41, 5.74) is 1.10. The zero-order chi connectivity index (χ0) is 19.1. The normalized spacial score (nSPS) is 13.0. The van der Waals surface area contributed by atoms with E-state index in [2.05, 4.69) is 25.7 Å². The zero-order valence-electron chi connectivity index (χ0n) is 14.3. The second-order valence-electron chi connectivity index (χ2n) is 6.16. The molecule has 0 atom stereocenters. The highest BCUT2D eigenvalue weighted by molar-refractivity contribution is 7.03. The molecule has 1 aliphatic rings. The van der Waals surface area contributed by atoms with E-state index in [4.69, 9.17) is 4.84 Å². The van der Waals surface area contributed by atoms with Crippen molar-refractivity contribution >= 4 is 46.5 Å². The number of aromatic amines is 1. The number of hydrogen-bond acceptors (Lipinski definition) is 6. The van der Waals surface area contributed by atoms with Crippen molar-refractivity contribution in [3.63, 3.8) is 0 Å². The summed E-state index contributed by atoms with van der Waals surface area (Å²) in [5, 5.41) is 5.80. The Hall–Kier alpha value is -3.46. The predicted octanol–water partition coefficient (Wildman–Crippen LogP) is 2.87. The van der Waals surface area contributed by atoms with Crippen molar-refractivity contribution in [3.05, 3.63) is 64.0 Å². The van der Waals surface area contributed by atoms with Crippen molar-refractivity contribution in [1.29, 1.82) is 0 Å². The molecule has 6 nitrogen and oxygen atoms in total. The smallest absolute Gasteiger partial charge is 0.205 e. The minimum atomic E-state index is -0.968. The van der Waals surface area contributed by atoms with E-state index in [-0.39, 0.29) is 5.52 Å². The van der Waals surface area contributed by atoms with E-state index < -0.39 is 11.6 Å². The van der Waals surface area contributed by atoms with Crippen LogP contribution in [-0.2, 0) is 0 Å². The molecule has 0 unspecified atom stereocenters. The van der Waals surface area contributed by atoms with Crippen LogP contribution in [0.5, 0.6) is 5.75 Å². The summed E-state index contributed by atoms with van der Waals surface area (Å²) in [7, 11) is 0. The van der Waals surface area contributed by atoms with Crippen LogP contribution in [-0.4, -0.2) is 25.9 Å². The van der Waals surface area contributed by atoms with Crippen molar-refractivity contribution in [2.24, 2.45) is 0 Å². The first kappa shape index (κ1) is 16.7. The molecule has 2 aromatic heterocycles. The lowest BCUT2D eigenvalue weighted by atomic mass is 10.3. The Morgan fingerprint density at radius 1 is 1.14 bits per heavy atom. The first-order valence-corrected chi connectivity index (χ1v) is 9.21. The molecule has 2 aromatic carbocycles. The molecule has 4 aromatic rings. The van der Waals surface area contributed by atoms with Gasteiger partial charge in [-0.1, -0.05) is 0 Å². The van der Waals surface area contributed by atoms with E-state index in [9.17, 15) is 8.78 Å². The number of anilines is 2.